The van der Waals surface area contributed by atoms with Gasteiger partial charge in [0.15, 0.2) is 16.5 Å². The van der Waals surface area contributed by atoms with Crippen LogP contribution in [0.3, 0.4) is 0 Å². The molecule has 0 bridgehead atoms. The van der Waals surface area contributed by atoms with E-state index in [1.165, 1.54) is 32.7 Å². The van der Waals surface area contributed by atoms with Gasteiger partial charge in [-0.3, -0.25) is 4.79 Å². The highest BCUT2D eigenvalue weighted by Gasteiger charge is 2.15. The number of thiazole rings is 1. The monoisotopic (exact) mass is 294 g/mol. The molecule has 0 saturated heterocycles. The molecule has 1 aromatic carbocycles. The van der Waals surface area contributed by atoms with E-state index in [0.717, 1.165) is 0 Å². The Morgan fingerprint density at radius 1 is 1.15 bits per heavy atom. The lowest BCUT2D eigenvalue weighted by Gasteiger charge is -2.14. The maximum absolute atomic E-state index is 12.0. The fourth-order valence-corrected chi connectivity index (χ4v) is 2.20. The van der Waals surface area contributed by atoms with Crippen molar-refractivity contribution in [3.05, 3.63) is 28.7 Å². The lowest BCUT2D eigenvalue weighted by Crippen LogP contribution is -2.11. The summed E-state index contributed by atoms with van der Waals surface area (Å²) >= 11 is 1.27. The summed E-state index contributed by atoms with van der Waals surface area (Å²) in [4.78, 5) is 15.9. The number of anilines is 1. The molecule has 0 unspecified atom stereocenters. The molecule has 0 aliphatic rings. The second-order valence-electron chi connectivity index (χ2n) is 3.71. The number of carbonyl (C=O) groups is 1. The van der Waals surface area contributed by atoms with Gasteiger partial charge in [-0.15, -0.1) is 11.3 Å². The number of aromatic nitrogens is 1. The number of hydrogen-bond acceptors (Lipinski definition) is 6. The minimum atomic E-state index is -0.283. The van der Waals surface area contributed by atoms with E-state index in [1.807, 2.05) is 0 Å². The van der Waals surface area contributed by atoms with Gasteiger partial charge in [-0.05, 0) is 0 Å². The topological polar surface area (TPSA) is 69.7 Å². The molecule has 0 spiro atoms. The van der Waals surface area contributed by atoms with Gasteiger partial charge < -0.3 is 19.5 Å². The molecule has 1 aromatic heterocycles. The zero-order valence-electron chi connectivity index (χ0n) is 11.3. The Morgan fingerprint density at radius 3 is 2.25 bits per heavy atom. The molecule has 106 valence electrons. The Labute approximate surface area is 120 Å². The molecule has 6 nitrogen and oxygen atoms in total. The minimum absolute atomic E-state index is 0.283. The van der Waals surface area contributed by atoms with Gasteiger partial charge in [0.05, 0.1) is 21.3 Å². The van der Waals surface area contributed by atoms with Crippen LogP contribution in [0.25, 0.3) is 0 Å². The zero-order chi connectivity index (χ0) is 14.5. The van der Waals surface area contributed by atoms with Gasteiger partial charge in [0.25, 0.3) is 5.91 Å². The predicted molar refractivity (Wildman–Crippen MR) is 76.2 cm³/mol. The van der Waals surface area contributed by atoms with Crippen molar-refractivity contribution in [1.82, 2.24) is 4.98 Å². The number of nitrogens with zero attached hydrogens (tertiary/aromatic N) is 1. The third-order valence-electron chi connectivity index (χ3n) is 2.55. The molecule has 1 N–H and O–H groups in total. The fourth-order valence-electron chi connectivity index (χ4n) is 1.67. The summed E-state index contributed by atoms with van der Waals surface area (Å²) in [6.07, 6.45) is 1.58. The van der Waals surface area contributed by atoms with Crippen LogP contribution in [-0.2, 0) is 0 Å². The predicted octanol–water partition coefficient (Wildman–Crippen LogP) is 2.42. The van der Waals surface area contributed by atoms with Gasteiger partial charge in [-0.25, -0.2) is 4.98 Å². The first-order valence-electron chi connectivity index (χ1n) is 5.70. The van der Waals surface area contributed by atoms with Crippen molar-refractivity contribution in [2.24, 2.45) is 0 Å². The highest BCUT2D eigenvalue weighted by Crippen LogP contribution is 2.39. The molecule has 0 radical (unpaired) electrons. The summed E-state index contributed by atoms with van der Waals surface area (Å²) in [7, 11) is 4.56. The normalized spacial score (nSPS) is 9.95. The highest BCUT2D eigenvalue weighted by atomic mass is 32.1. The fraction of sp³-hybridized carbons (Fsp3) is 0.231. The van der Waals surface area contributed by atoms with E-state index < -0.39 is 0 Å². The number of amides is 1. The number of benzene rings is 1. The molecule has 20 heavy (non-hydrogen) atoms. The molecular formula is C13H14N2O4S. The second kappa shape index (κ2) is 6.25. The van der Waals surface area contributed by atoms with Crippen LogP contribution >= 0.6 is 11.3 Å². The Kier molecular flexibility index (Phi) is 4.41. The van der Waals surface area contributed by atoms with E-state index in [0.29, 0.717) is 27.9 Å². The lowest BCUT2D eigenvalue weighted by atomic mass is 10.2. The number of carbonyl (C=O) groups excluding carboxylic acids is 1. The smallest absolute Gasteiger partial charge is 0.284 e. The second-order valence-corrected chi connectivity index (χ2v) is 4.60. The van der Waals surface area contributed by atoms with E-state index in [9.17, 15) is 4.79 Å². The van der Waals surface area contributed by atoms with E-state index in [2.05, 4.69) is 10.3 Å². The molecule has 0 saturated carbocycles. The number of ether oxygens (including phenoxy) is 3. The maximum atomic E-state index is 12.0. The molecule has 1 amide bonds. The van der Waals surface area contributed by atoms with Crippen molar-refractivity contribution in [1.29, 1.82) is 0 Å². The van der Waals surface area contributed by atoms with Gasteiger partial charge in [0.1, 0.15) is 0 Å². The molecule has 2 rings (SSSR count). The lowest BCUT2D eigenvalue weighted by molar-refractivity contribution is 0.102. The van der Waals surface area contributed by atoms with E-state index in [1.54, 1.807) is 23.7 Å². The van der Waals surface area contributed by atoms with Crippen molar-refractivity contribution in [2.45, 2.75) is 0 Å². The molecule has 0 atom stereocenters. The minimum Gasteiger partial charge on any atom is -0.493 e. The van der Waals surface area contributed by atoms with Crippen LogP contribution in [-0.4, -0.2) is 32.2 Å². The quantitative estimate of drug-likeness (QED) is 0.917. The van der Waals surface area contributed by atoms with Crippen LogP contribution < -0.4 is 19.5 Å². The van der Waals surface area contributed by atoms with Gasteiger partial charge in [0, 0.05) is 29.4 Å². The summed E-state index contributed by atoms with van der Waals surface area (Å²) in [5, 5.41) is 4.87. The highest BCUT2D eigenvalue weighted by molar-refractivity contribution is 7.11. The SMILES string of the molecule is COc1cc(NC(=O)c2nccs2)cc(OC)c1OC. The van der Waals surface area contributed by atoms with Crippen molar-refractivity contribution in [2.75, 3.05) is 26.6 Å². The third kappa shape index (κ3) is 2.83. The first-order chi connectivity index (χ1) is 9.69. The van der Waals surface area contributed by atoms with E-state index >= 15 is 0 Å². The van der Waals surface area contributed by atoms with E-state index in [4.69, 9.17) is 14.2 Å². The maximum Gasteiger partial charge on any atom is 0.284 e. The van der Waals surface area contributed by atoms with E-state index in [-0.39, 0.29) is 5.91 Å². The summed E-state index contributed by atoms with van der Waals surface area (Å²) < 4.78 is 15.7. The number of rotatable bonds is 5. The van der Waals surface area contributed by atoms with Crippen LogP contribution in [0, 0.1) is 0 Å². The van der Waals surface area contributed by atoms with Gasteiger partial charge in [0.2, 0.25) is 5.75 Å². The Balaban J connectivity index is 2.30. The summed E-state index contributed by atoms with van der Waals surface area (Å²) in [5.41, 5.74) is 0.541. The first-order valence-corrected chi connectivity index (χ1v) is 6.58. The average molecular weight is 294 g/mol. The Hall–Kier alpha value is -2.28. The van der Waals surface area contributed by atoms with Crippen molar-refractivity contribution in [3.63, 3.8) is 0 Å². The van der Waals surface area contributed by atoms with Gasteiger partial charge >= 0.3 is 0 Å². The first kappa shape index (κ1) is 14.1. The zero-order valence-corrected chi connectivity index (χ0v) is 12.1. The molecular weight excluding hydrogens is 280 g/mol. The average Bonchev–Trinajstić information content (AvgIpc) is 3.00. The Bertz CT molecular complexity index is 573. The van der Waals surface area contributed by atoms with Crippen LogP contribution in [0.4, 0.5) is 5.69 Å². The molecule has 0 aliphatic carbocycles. The Morgan fingerprint density at radius 2 is 1.80 bits per heavy atom. The third-order valence-corrected chi connectivity index (χ3v) is 3.32. The van der Waals surface area contributed by atoms with Crippen LogP contribution in [0.2, 0.25) is 0 Å². The summed E-state index contributed by atoms with van der Waals surface area (Å²) in [6.45, 7) is 0. The largest absolute Gasteiger partial charge is 0.493 e. The molecule has 0 aliphatic heterocycles. The van der Waals surface area contributed by atoms with Gasteiger partial charge in [-0.1, -0.05) is 0 Å². The van der Waals surface area contributed by atoms with Crippen LogP contribution in [0.5, 0.6) is 17.2 Å². The molecule has 7 heteroatoms. The van der Waals surface area contributed by atoms with Crippen LogP contribution in [0.1, 0.15) is 9.80 Å². The molecule has 1 heterocycles. The molecule has 0 fully saturated rings. The summed E-state index contributed by atoms with van der Waals surface area (Å²) in [6, 6.07) is 3.32. The number of nitrogens with one attached hydrogen (secondary N) is 1. The van der Waals surface area contributed by atoms with Crippen molar-refractivity contribution in [3.8, 4) is 17.2 Å². The van der Waals surface area contributed by atoms with Crippen molar-refractivity contribution >= 4 is 22.9 Å². The number of hydrogen-bond donors (Lipinski definition) is 1. The number of methoxy groups -OCH3 is 3. The van der Waals surface area contributed by atoms with Gasteiger partial charge in [-0.2, -0.15) is 0 Å². The van der Waals surface area contributed by atoms with Crippen LogP contribution in [0.15, 0.2) is 23.7 Å². The molecule has 2 aromatic rings. The standard InChI is InChI=1S/C13H14N2O4S/c1-17-9-6-8(7-10(18-2)11(9)19-3)15-12(16)13-14-4-5-20-13/h4-7H,1-3H3,(H,15,16). The van der Waals surface area contributed by atoms with Crippen molar-refractivity contribution < 1.29 is 19.0 Å². The summed E-state index contributed by atoms with van der Waals surface area (Å²) in [5.74, 6) is 1.14.